The molecule has 1 aliphatic rings. The average Bonchev–Trinajstić information content (AvgIpc) is 2.47. The van der Waals surface area contributed by atoms with Crippen LogP contribution in [0.25, 0.3) is 0 Å². The van der Waals surface area contributed by atoms with Crippen molar-refractivity contribution < 1.29 is 9.53 Å². The molecule has 0 amide bonds. The van der Waals surface area contributed by atoms with E-state index < -0.39 is 5.97 Å². The Bertz CT molecular complexity index is 430. The normalized spacial score (nSPS) is 17.8. The molecule has 1 heterocycles. The van der Waals surface area contributed by atoms with Crippen LogP contribution in [-0.2, 0) is 4.74 Å². The van der Waals surface area contributed by atoms with Crippen molar-refractivity contribution >= 4 is 11.8 Å². The van der Waals surface area contributed by atoms with Gasteiger partial charge in [0.2, 0.25) is 5.82 Å². The topological polar surface area (TPSA) is 64.1 Å². The number of ether oxygens (including phenoxy) is 1. The summed E-state index contributed by atoms with van der Waals surface area (Å²) >= 11 is 0. The van der Waals surface area contributed by atoms with Gasteiger partial charge in [0.05, 0.1) is 7.11 Å². The lowest BCUT2D eigenvalue weighted by Crippen LogP contribution is -2.28. The van der Waals surface area contributed by atoms with Crippen LogP contribution in [0.5, 0.6) is 0 Å². The lowest BCUT2D eigenvalue weighted by atomic mass is 9.84. The standard InChI is InChI=1S/C14H21N3O2/c1-10(11-6-4-3-5-7-11)16-12-8-9-15-13(17-12)14(18)19-2/h8-11H,3-7H2,1-2H3,(H,15,16,17). The first-order valence-corrected chi connectivity index (χ1v) is 6.88. The second-order valence-electron chi connectivity index (χ2n) is 5.09. The highest BCUT2D eigenvalue weighted by Gasteiger charge is 2.20. The molecule has 2 rings (SSSR count). The summed E-state index contributed by atoms with van der Waals surface area (Å²) in [6.45, 7) is 2.18. The molecule has 0 spiro atoms. The molecule has 104 valence electrons. The van der Waals surface area contributed by atoms with Crippen LogP contribution in [0.2, 0.25) is 0 Å². The number of carbonyl (C=O) groups excluding carboxylic acids is 1. The largest absolute Gasteiger partial charge is 0.463 e. The quantitative estimate of drug-likeness (QED) is 0.846. The molecule has 0 radical (unpaired) electrons. The van der Waals surface area contributed by atoms with Crippen LogP contribution < -0.4 is 5.32 Å². The lowest BCUT2D eigenvalue weighted by Gasteiger charge is -2.28. The third kappa shape index (κ3) is 3.66. The first-order valence-electron chi connectivity index (χ1n) is 6.88. The van der Waals surface area contributed by atoms with Crippen molar-refractivity contribution in [3.05, 3.63) is 18.1 Å². The summed E-state index contributed by atoms with van der Waals surface area (Å²) < 4.78 is 4.62. The smallest absolute Gasteiger partial charge is 0.376 e. The van der Waals surface area contributed by atoms with Crippen molar-refractivity contribution in [2.24, 2.45) is 5.92 Å². The highest BCUT2D eigenvalue weighted by molar-refractivity contribution is 5.85. The van der Waals surface area contributed by atoms with Crippen LogP contribution in [0.1, 0.15) is 49.6 Å². The fourth-order valence-corrected chi connectivity index (χ4v) is 2.61. The molecule has 1 aliphatic carbocycles. The van der Waals surface area contributed by atoms with Gasteiger partial charge in [0.15, 0.2) is 0 Å². The van der Waals surface area contributed by atoms with Gasteiger partial charge in [-0.25, -0.2) is 14.8 Å². The second-order valence-corrected chi connectivity index (χ2v) is 5.09. The number of nitrogens with one attached hydrogen (secondary N) is 1. The lowest BCUT2D eigenvalue weighted by molar-refractivity contribution is 0.0587. The Labute approximate surface area is 113 Å². The van der Waals surface area contributed by atoms with Crippen LogP contribution in [-0.4, -0.2) is 29.1 Å². The zero-order chi connectivity index (χ0) is 13.7. The Morgan fingerprint density at radius 1 is 1.42 bits per heavy atom. The van der Waals surface area contributed by atoms with Crippen LogP contribution in [0, 0.1) is 5.92 Å². The van der Waals surface area contributed by atoms with Gasteiger partial charge < -0.3 is 10.1 Å². The molecule has 1 aromatic heterocycles. The maximum atomic E-state index is 11.4. The first kappa shape index (κ1) is 13.8. The van der Waals surface area contributed by atoms with Crippen LogP contribution in [0.4, 0.5) is 5.82 Å². The minimum absolute atomic E-state index is 0.100. The fourth-order valence-electron chi connectivity index (χ4n) is 2.61. The Morgan fingerprint density at radius 2 is 2.16 bits per heavy atom. The van der Waals surface area contributed by atoms with E-state index in [1.165, 1.54) is 39.2 Å². The van der Waals surface area contributed by atoms with E-state index in [-0.39, 0.29) is 5.82 Å². The second kappa shape index (κ2) is 6.50. The molecule has 1 fully saturated rings. The highest BCUT2D eigenvalue weighted by Crippen LogP contribution is 2.27. The molecule has 0 saturated heterocycles. The number of anilines is 1. The predicted molar refractivity (Wildman–Crippen MR) is 73.0 cm³/mol. The number of methoxy groups -OCH3 is 1. The minimum Gasteiger partial charge on any atom is -0.463 e. The van der Waals surface area contributed by atoms with Crippen molar-refractivity contribution in [3.8, 4) is 0 Å². The molecule has 5 heteroatoms. The van der Waals surface area contributed by atoms with Gasteiger partial charge in [0.25, 0.3) is 0 Å². The number of carbonyl (C=O) groups is 1. The molecule has 19 heavy (non-hydrogen) atoms. The number of hydrogen-bond acceptors (Lipinski definition) is 5. The summed E-state index contributed by atoms with van der Waals surface area (Å²) in [5.41, 5.74) is 0. The molecule has 0 bridgehead atoms. The van der Waals surface area contributed by atoms with E-state index in [1.54, 1.807) is 12.3 Å². The number of nitrogens with zero attached hydrogens (tertiary/aromatic N) is 2. The van der Waals surface area contributed by atoms with Gasteiger partial charge >= 0.3 is 5.97 Å². The van der Waals surface area contributed by atoms with Crippen molar-refractivity contribution in [1.29, 1.82) is 0 Å². The monoisotopic (exact) mass is 263 g/mol. The summed E-state index contributed by atoms with van der Waals surface area (Å²) in [5.74, 6) is 0.969. The predicted octanol–water partition coefficient (Wildman–Crippen LogP) is 2.64. The zero-order valence-electron chi connectivity index (χ0n) is 11.6. The summed E-state index contributed by atoms with van der Waals surface area (Å²) in [5, 5.41) is 3.37. The van der Waals surface area contributed by atoms with Gasteiger partial charge in [-0.05, 0) is 31.7 Å². The molecule has 1 atom stereocenters. The Kier molecular flexibility index (Phi) is 4.71. The van der Waals surface area contributed by atoms with Crippen LogP contribution in [0.3, 0.4) is 0 Å². The van der Waals surface area contributed by atoms with Crippen molar-refractivity contribution in [1.82, 2.24) is 9.97 Å². The van der Waals surface area contributed by atoms with Crippen LogP contribution in [0.15, 0.2) is 12.3 Å². The molecule has 0 aliphatic heterocycles. The number of aromatic nitrogens is 2. The summed E-state index contributed by atoms with van der Waals surface area (Å²) in [6.07, 6.45) is 8.09. The number of hydrogen-bond donors (Lipinski definition) is 1. The van der Waals surface area contributed by atoms with E-state index in [9.17, 15) is 4.79 Å². The Balaban J connectivity index is 1.99. The van der Waals surface area contributed by atoms with Crippen molar-refractivity contribution in [2.45, 2.75) is 45.1 Å². The van der Waals surface area contributed by atoms with E-state index in [0.29, 0.717) is 17.8 Å². The Hall–Kier alpha value is -1.65. The van der Waals surface area contributed by atoms with E-state index in [4.69, 9.17) is 0 Å². The maximum absolute atomic E-state index is 11.4. The van der Waals surface area contributed by atoms with E-state index in [1.807, 2.05) is 0 Å². The molecular weight excluding hydrogens is 242 g/mol. The summed E-state index contributed by atoms with van der Waals surface area (Å²) in [6, 6.07) is 2.15. The molecule has 0 aromatic carbocycles. The van der Waals surface area contributed by atoms with Gasteiger partial charge in [-0.1, -0.05) is 19.3 Å². The minimum atomic E-state index is -0.506. The zero-order valence-corrected chi connectivity index (χ0v) is 11.6. The summed E-state index contributed by atoms with van der Waals surface area (Å²) in [4.78, 5) is 19.5. The van der Waals surface area contributed by atoms with E-state index >= 15 is 0 Å². The average molecular weight is 263 g/mol. The number of esters is 1. The van der Waals surface area contributed by atoms with E-state index in [2.05, 4.69) is 26.9 Å². The summed E-state index contributed by atoms with van der Waals surface area (Å²) in [7, 11) is 1.33. The Morgan fingerprint density at radius 3 is 2.84 bits per heavy atom. The molecule has 1 unspecified atom stereocenters. The third-order valence-electron chi connectivity index (χ3n) is 3.76. The highest BCUT2D eigenvalue weighted by atomic mass is 16.5. The molecule has 1 aromatic rings. The van der Waals surface area contributed by atoms with Gasteiger partial charge in [-0.3, -0.25) is 0 Å². The SMILES string of the molecule is COC(=O)c1nccc(NC(C)C2CCCCC2)n1. The van der Waals surface area contributed by atoms with Gasteiger partial charge in [0, 0.05) is 12.2 Å². The van der Waals surface area contributed by atoms with Crippen LogP contribution >= 0.6 is 0 Å². The molecule has 1 N–H and O–H groups in total. The maximum Gasteiger partial charge on any atom is 0.376 e. The van der Waals surface area contributed by atoms with Gasteiger partial charge in [-0.15, -0.1) is 0 Å². The first-order chi connectivity index (χ1) is 9.20. The molecule has 1 saturated carbocycles. The van der Waals surface area contributed by atoms with Crippen molar-refractivity contribution in [2.75, 3.05) is 12.4 Å². The van der Waals surface area contributed by atoms with Gasteiger partial charge in [-0.2, -0.15) is 0 Å². The van der Waals surface area contributed by atoms with E-state index in [0.717, 1.165) is 0 Å². The fraction of sp³-hybridized carbons (Fsp3) is 0.643. The van der Waals surface area contributed by atoms with Crippen molar-refractivity contribution in [3.63, 3.8) is 0 Å². The number of rotatable bonds is 4. The third-order valence-corrected chi connectivity index (χ3v) is 3.76. The molecule has 5 nitrogen and oxygen atoms in total. The molecular formula is C14H21N3O2. The van der Waals surface area contributed by atoms with Gasteiger partial charge in [0.1, 0.15) is 5.82 Å².